The van der Waals surface area contributed by atoms with Crippen LogP contribution in [0.5, 0.6) is 0 Å². The second kappa shape index (κ2) is 7.27. The Bertz CT molecular complexity index is 1140. The molecule has 0 saturated heterocycles. The molecule has 0 atom stereocenters. The normalized spacial score (nSPS) is 14.0. The van der Waals surface area contributed by atoms with Crippen molar-refractivity contribution in [2.75, 3.05) is 10.2 Å². The molecule has 0 radical (unpaired) electrons. The average molecular weight is 394 g/mol. The molecule has 0 aromatic heterocycles. The molecule has 0 saturated carbocycles. The summed E-state index contributed by atoms with van der Waals surface area (Å²) in [5.74, 6) is -3.24. The number of hydrogen-bond donors (Lipinski definition) is 1. The lowest BCUT2D eigenvalue weighted by molar-refractivity contribution is -0.120. The zero-order valence-corrected chi connectivity index (χ0v) is 14.8. The van der Waals surface area contributed by atoms with Crippen molar-refractivity contribution >= 4 is 28.8 Å². The van der Waals surface area contributed by atoms with Gasteiger partial charge in [0.05, 0.1) is 11.3 Å². The van der Waals surface area contributed by atoms with E-state index in [1.165, 1.54) is 54.6 Å². The van der Waals surface area contributed by atoms with Crippen molar-refractivity contribution < 1.29 is 22.8 Å². The summed E-state index contributed by atoms with van der Waals surface area (Å²) in [6, 6.07) is 15.6. The SMILES string of the molecule is O=C1C(Nc2ccc(F)cc2)=C(c2ccc(F)cc2)C(=O)N1c1ccccc1F. The number of nitrogens with one attached hydrogen (secondary N) is 1. The van der Waals surface area contributed by atoms with E-state index < -0.39 is 29.3 Å². The van der Waals surface area contributed by atoms with Crippen molar-refractivity contribution in [3.05, 3.63) is 102 Å². The third kappa shape index (κ3) is 3.38. The van der Waals surface area contributed by atoms with Gasteiger partial charge in [-0.3, -0.25) is 9.59 Å². The molecule has 2 amide bonds. The smallest absolute Gasteiger partial charge is 0.282 e. The Morgan fingerprint density at radius 2 is 1.28 bits per heavy atom. The monoisotopic (exact) mass is 394 g/mol. The minimum Gasteiger partial charge on any atom is -0.350 e. The topological polar surface area (TPSA) is 49.4 Å². The van der Waals surface area contributed by atoms with Gasteiger partial charge in [0.15, 0.2) is 0 Å². The molecule has 0 fully saturated rings. The number of carbonyl (C=O) groups excluding carboxylic acids is 2. The molecule has 3 aromatic carbocycles. The van der Waals surface area contributed by atoms with Gasteiger partial charge in [0.1, 0.15) is 23.1 Å². The van der Waals surface area contributed by atoms with Gasteiger partial charge >= 0.3 is 0 Å². The molecular formula is C22H13F3N2O2. The second-order valence-corrected chi connectivity index (χ2v) is 6.29. The summed E-state index contributed by atoms with van der Waals surface area (Å²) in [7, 11) is 0. The number of imide groups is 1. The summed E-state index contributed by atoms with van der Waals surface area (Å²) in [5.41, 5.74) is 0.294. The first-order chi connectivity index (χ1) is 14.0. The molecule has 1 aliphatic heterocycles. The second-order valence-electron chi connectivity index (χ2n) is 6.29. The predicted octanol–water partition coefficient (Wildman–Crippen LogP) is 4.50. The minimum absolute atomic E-state index is 0.0393. The van der Waals surface area contributed by atoms with Gasteiger partial charge in [0.25, 0.3) is 11.8 Å². The van der Waals surface area contributed by atoms with Crippen LogP contribution in [-0.2, 0) is 9.59 Å². The maximum Gasteiger partial charge on any atom is 0.282 e. The van der Waals surface area contributed by atoms with Crippen LogP contribution in [0.4, 0.5) is 24.5 Å². The van der Waals surface area contributed by atoms with Crippen LogP contribution in [0.2, 0.25) is 0 Å². The van der Waals surface area contributed by atoms with Crippen LogP contribution >= 0.6 is 0 Å². The number of carbonyl (C=O) groups is 2. The van der Waals surface area contributed by atoms with E-state index in [9.17, 15) is 22.8 Å². The molecule has 3 aromatic rings. The molecule has 0 aliphatic carbocycles. The van der Waals surface area contributed by atoms with E-state index in [0.29, 0.717) is 5.69 Å². The number of amides is 2. The Morgan fingerprint density at radius 1 is 0.690 bits per heavy atom. The molecule has 1 N–H and O–H groups in total. The zero-order chi connectivity index (χ0) is 20.5. The van der Waals surface area contributed by atoms with Crippen molar-refractivity contribution in [2.45, 2.75) is 0 Å². The third-order valence-electron chi connectivity index (χ3n) is 4.42. The Morgan fingerprint density at radius 3 is 1.90 bits per heavy atom. The number of rotatable bonds is 4. The molecule has 7 heteroatoms. The van der Waals surface area contributed by atoms with Gasteiger partial charge in [-0.1, -0.05) is 24.3 Å². The number of hydrogen-bond acceptors (Lipinski definition) is 3. The fourth-order valence-corrected chi connectivity index (χ4v) is 3.06. The summed E-state index contributed by atoms with van der Waals surface area (Å²) < 4.78 is 40.8. The van der Waals surface area contributed by atoms with E-state index >= 15 is 0 Å². The highest BCUT2D eigenvalue weighted by Crippen LogP contribution is 2.34. The molecule has 0 unspecified atom stereocenters. The summed E-state index contributed by atoms with van der Waals surface area (Å²) in [6.07, 6.45) is 0. The van der Waals surface area contributed by atoms with E-state index in [4.69, 9.17) is 0 Å². The van der Waals surface area contributed by atoms with Gasteiger partial charge in [-0.15, -0.1) is 0 Å². The summed E-state index contributed by atoms with van der Waals surface area (Å²) in [4.78, 5) is 26.9. The number of nitrogens with zero attached hydrogens (tertiary/aromatic N) is 1. The fraction of sp³-hybridized carbons (Fsp3) is 0. The van der Waals surface area contributed by atoms with Crippen molar-refractivity contribution in [3.8, 4) is 0 Å². The summed E-state index contributed by atoms with van der Waals surface area (Å²) in [6.45, 7) is 0. The van der Waals surface area contributed by atoms with Crippen molar-refractivity contribution in [2.24, 2.45) is 0 Å². The van der Waals surface area contributed by atoms with Crippen LogP contribution in [-0.4, -0.2) is 11.8 Å². The lowest BCUT2D eigenvalue weighted by Crippen LogP contribution is -2.33. The maximum absolute atomic E-state index is 14.3. The van der Waals surface area contributed by atoms with Crippen LogP contribution in [0, 0.1) is 17.5 Å². The highest BCUT2D eigenvalue weighted by Gasteiger charge is 2.41. The molecule has 1 heterocycles. The first kappa shape index (κ1) is 18.5. The Kier molecular flexibility index (Phi) is 4.64. The lowest BCUT2D eigenvalue weighted by Gasteiger charge is -2.16. The van der Waals surface area contributed by atoms with Gasteiger partial charge in [-0.05, 0) is 54.1 Å². The first-order valence-corrected chi connectivity index (χ1v) is 8.62. The number of anilines is 2. The molecule has 29 heavy (non-hydrogen) atoms. The highest BCUT2D eigenvalue weighted by molar-refractivity contribution is 6.46. The van der Waals surface area contributed by atoms with Gasteiger partial charge < -0.3 is 5.32 Å². The largest absolute Gasteiger partial charge is 0.350 e. The molecule has 1 aliphatic rings. The van der Waals surface area contributed by atoms with Crippen molar-refractivity contribution in [1.82, 2.24) is 0 Å². The first-order valence-electron chi connectivity index (χ1n) is 8.62. The standard InChI is InChI=1S/C22H13F3N2O2/c23-14-7-5-13(6-8-14)19-20(26-16-11-9-15(24)10-12-16)22(29)27(21(19)28)18-4-2-1-3-17(18)25/h1-12,26H. The van der Waals surface area contributed by atoms with Crippen molar-refractivity contribution in [3.63, 3.8) is 0 Å². The zero-order valence-electron chi connectivity index (χ0n) is 14.8. The van der Waals surface area contributed by atoms with Gasteiger partial charge in [-0.2, -0.15) is 0 Å². The summed E-state index contributed by atoms with van der Waals surface area (Å²) >= 11 is 0. The number of halogens is 3. The number of para-hydroxylation sites is 1. The van der Waals surface area contributed by atoms with E-state index in [-0.39, 0.29) is 22.5 Å². The lowest BCUT2D eigenvalue weighted by atomic mass is 10.0. The van der Waals surface area contributed by atoms with Gasteiger partial charge in [0.2, 0.25) is 0 Å². The minimum atomic E-state index is -0.774. The fourth-order valence-electron chi connectivity index (χ4n) is 3.06. The molecular weight excluding hydrogens is 381 g/mol. The summed E-state index contributed by atoms with van der Waals surface area (Å²) in [5, 5.41) is 2.82. The van der Waals surface area contributed by atoms with Crippen LogP contribution in [0.15, 0.2) is 78.5 Å². The molecule has 0 bridgehead atoms. The van der Waals surface area contributed by atoms with E-state index in [1.807, 2.05) is 0 Å². The quantitative estimate of drug-likeness (QED) is 0.663. The van der Waals surface area contributed by atoms with Crippen LogP contribution < -0.4 is 10.2 Å². The predicted molar refractivity (Wildman–Crippen MR) is 102 cm³/mol. The van der Waals surface area contributed by atoms with Crippen LogP contribution in [0.1, 0.15) is 5.56 Å². The maximum atomic E-state index is 14.3. The van der Waals surface area contributed by atoms with Crippen LogP contribution in [0.25, 0.3) is 5.57 Å². The Hall–Kier alpha value is -3.87. The Balaban J connectivity index is 1.83. The van der Waals surface area contributed by atoms with Crippen LogP contribution in [0.3, 0.4) is 0 Å². The Labute approximate surface area is 163 Å². The third-order valence-corrected chi connectivity index (χ3v) is 4.42. The average Bonchev–Trinajstić information content (AvgIpc) is 2.95. The van der Waals surface area contributed by atoms with Gasteiger partial charge in [-0.25, -0.2) is 18.1 Å². The van der Waals surface area contributed by atoms with E-state index in [1.54, 1.807) is 0 Å². The van der Waals surface area contributed by atoms with Crippen molar-refractivity contribution in [1.29, 1.82) is 0 Å². The van der Waals surface area contributed by atoms with E-state index in [2.05, 4.69) is 5.32 Å². The molecule has 0 spiro atoms. The number of benzene rings is 3. The van der Waals surface area contributed by atoms with E-state index in [0.717, 1.165) is 23.1 Å². The molecule has 144 valence electrons. The molecule has 4 rings (SSSR count). The highest BCUT2D eigenvalue weighted by atomic mass is 19.1. The molecule has 4 nitrogen and oxygen atoms in total. The van der Waals surface area contributed by atoms with Gasteiger partial charge in [0, 0.05) is 5.69 Å².